The van der Waals surface area contributed by atoms with Gasteiger partial charge < -0.3 is 10.2 Å². The van der Waals surface area contributed by atoms with Crippen molar-refractivity contribution >= 4 is 17.5 Å². The van der Waals surface area contributed by atoms with Gasteiger partial charge in [0.2, 0.25) is 5.91 Å². The molecule has 2 aromatic carbocycles. The van der Waals surface area contributed by atoms with Crippen molar-refractivity contribution in [3.8, 4) is 0 Å². The Balaban J connectivity index is 2.16. The van der Waals surface area contributed by atoms with E-state index in [0.717, 1.165) is 5.56 Å². The smallest absolute Gasteiger partial charge is 0.254 e. The lowest BCUT2D eigenvalue weighted by Crippen LogP contribution is -2.36. The number of nitrogens with one attached hydrogen (secondary N) is 1. The Morgan fingerprint density at radius 1 is 1.00 bits per heavy atom. The maximum Gasteiger partial charge on any atom is 0.254 e. The second kappa shape index (κ2) is 7.58. The first-order valence-corrected chi connectivity index (χ1v) is 7.70. The molecule has 120 valence electrons. The normalized spacial score (nSPS) is 10.4. The predicted molar refractivity (Wildman–Crippen MR) is 92.2 cm³/mol. The lowest BCUT2D eigenvalue weighted by molar-refractivity contribution is -0.114. The van der Waals surface area contributed by atoms with Gasteiger partial charge in [0.1, 0.15) is 0 Å². The topological polar surface area (TPSA) is 49.4 Å². The summed E-state index contributed by atoms with van der Waals surface area (Å²) in [5.41, 5.74) is 2.40. The highest BCUT2D eigenvalue weighted by molar-refractivity contribution is 5.95. The average Bonchev–Trinajstić information content (AvgIpc) is 2.53. The predicted octanol–water partition coefficient (Wildman–Crippen LogP) is 3.70. The molecule has 0 unspecified atom stereocenters. The molecule has 0 aliphatic heterocycles. The Labute approximate surface area is 137 Å². The number of amides is 2. The maximum atomic E-state index is 12.8. The van der Waals surface area contributed by atoms with Crippen LogP contribution >= 0.6 is 0 Å². The van der Waals surface area contributed by atoms with E-state index in [-0.39, 0.29) is 17.9 Å². The van der Waals surface area contributed by atoms with Crippen LogP contribution < -0.4 is 5.32 Å². The Hall–Kier alpha value is -2.62. The largest absolute Gasteiger partial charge is 0.332 e. The second-order valence-corrected chi connectivity index (χ2v) is 5.77. The number of carbonyl (C=O) groups is 2. The fraction of sp³-hybridized carbons (Fsp3) is 0.263. The van der Waals surface area contributed by atoms with E-state index in [4.69, 9.17) is 0 Å². The fourth-order valence-corrected chi connectivity index (χ4v) is 2.33. The van der Waals surface area contributed by atoms with Gasteiger partial charge in [0.25, 0.3) is 5.91 Å². The number of nitrogens with zero attached hydrogens (tertiary/aromatic N) is 1. The third-order valence-electron chi connectivity index (χ3n) is 3.53. The molecule has 0 aliphatic rings. The van der Waals surface area contributed by atoms with Crippen molar-refractivity contribution < 1.29 is 9.59 Å². The third-order valence-corrected chi connectivity index (χ3v) is 3.53. The highest BCUT2D eigenvalue weighted by Crippen LogP contribution is 2.16. The summed E-state index contributed by atoms with van der Waals surface area (Å²) in [6.07, 6.45) is 0. The molecule has 0 saturated heterocycles. The zero-order chi connectivity index (χ0) is 16.8. The molecule has 0 aromatic heterocycles. The molecule has 0 spiro atoms. The van der Waals surface area contributed by atoms with E-state index in [2.05, 4.69) is 5.32 Å². The molecule has 0 heterocycles. The highest BCUT2D eigenvalue weighted by atomic mass is 16.2. The standard InChI is InChI=1S/C19H22N2O2/c1-14(2)21(13-16-7-5-4-6-8-16)19(23)17-9-11-18(12-10-17)20-15(3)22/h4-12,14H,13H2,1-3H3,(H,20,22). The SMILES string of the molecule is CC(=O)Nc1ccc(C(=O)N(Cc2ccccc2)C(C)C)cc1. The molecule has 0 saturated carbocycles. The Bertz CT molecular complexity index is 664. The van der Waals surface area contributed by atoms with Gasteiger partial charge in [0.05, 0.1) is 0 Å². The van der Waals surface area contributed by atoms with Crippen LogP contribution in [0, 0.1) is 0 Å². The van der Waals surface area contributed by atoms with Gasteiger partial charge in [-0.3, -0.25) is 9.59 Å². The van der Waals surface area contributed by atoms with Gasteiger partial charge in [-0.15, -0.1) is 0 Å². The third kappa shape index (κ3) is 4.68. The van der Waals surface area contributed by atoms with Gasteiger partial charge in [-0.2, -0.15) is 0 Å². The van der Waals surface area contributed by atoms with Crippen LogP contribution in [0.15, 0.2) is 54.6 Å². The van der Waals surface area contributed by atoms with Crippen LogP contribution in [0.3, 0.4) is 0 Å². The molecule has 0 aliphatic carbocycles. The summed E-state index contributed by atoms with van der Waals surface area (Å²) in [4.78, 5) is 25.6. The van der Waals surface area contributed by atoms with E-state index in [1.807, 2.05) is 49.1 Å². The van der Waals surface area contributed by atoms with E-state index < -0.39 is 0 Å². The van der Waals surface area contributed by atoms with Crippen molar-refractivity contribution in [1.82, 2.24) is 4.90 Å². The van der Waals surface area contributed by atoms with Crippen molar-refractivity contribution in [2.24, 2.45) is 0 Å². The number of benzene rings is 2. The van der Waals surface area contributed by atoms with Crippen LogP contribution in [-0.4, -0.2) is 22.8 Å². The molecule has 0 bridgehead atoms. The first-order chi connectivity index (χ1) is 11.0. The fourth-order valence-electron chi connectivity index (χ4n) is 2.33. The molecule has 4 heteroatoms. The van der Waals surface area contributed by atoms with Crippen LogP contribution in [0.2, 0.25) is 0 Å². The van der Waals surface area contributed by atoms with Crippen molar-refractivity contribution in [3.05, 3.63) is 65.7 Å². The Morgan fingerprint density at radius 3 is 2.13 bits per heavy atom. The summed E-state index contributed by atoms with van der Waals surface area (Å²) in [6, 6.07) is 17.0. The van der Waals surface area contributed by atoms with Crippen LogP contribution in [0.5, 0.6) is 0 Å². The van der Waals surface area contributed by atoms with E-state index in [1.54, 1.807) is 24.3 Å². The molecule has 4 nitrogen and oxygen atoms in total. The molecule has 2 aromatic rings. The molecule has 1 N–H and O–H groups in total. The summed E-state index contributed by atoms with van der Waals surface area (Å²) in [6.45, 7) is 6.04. The van der Waals surface area contributed by atoms with Crippen molar-refractivity contribution in [1.29, 1.82) is 0 Å². The number of hydrogen-bond acceptors (Lipinski definition) is 2. The maximum absolute atomic E-state index is 12.8. The minimum Gasteiger partial charge on any atom is -0.332 e. The number of carbonyl (C=O) groups excluding carboxylic acids is 2. The van der Waals surface area contributed by atoms with Crippen LogP contribution in [0.4, 0.5) is 5.69 Å². The van der Waals surface area contributed by atoms with Crippen LogP contribution in [-0.2, 0) is 11.3 Å². The molecule has 0 atom stereocenters. The summed E-state index contributed by atoms with van der Waals surface area (Å²) < 4.78 is 0. The summed E-state index contributed by atoms with van der Waals surface area (Å²) in [7, 11) is 0. The zero-order valence-corrected chi connectivity index (χ0v) is 13.7. The summed E-state index contributed by atoms with van der Waals surface area (Å²) in [5, 5.41) is 2.70. The van der Waals surface area contributed by atoms with Crippen LogP contribution in [0.25, 0.3) is 0 Å². The molecule has 0 fully saturated rings. The first kappa shape index (κ1) is 16.7. The Kier molecular flexibility index (Phi) is 5.52. The van der Waals surface area contributed by atoms with Crippen LogP contribution in [0.1, 0.15) is 36.7 Å². The average molecular weight is 310 g/mol. The zero-order valence-electron chi connectivity index (χ0n) is 13.7. The molecule has 2 amide bonds. The van der Waals surface area contributed by atoms with Crippen molar-refractivity contribution in [2.45, 2.75) is 33.4 Å². The number of anilines is 1. The first-order valence-electron chi connectivity index (χ1n) is 7.70. The van der Waals surface area contributed by atoms with Gasteiger partial charge >= 0.3 is 0 Å². The molecule has 23 heavy (non-hydrogen) atoms. The van der Waals surface area contributed by atoms with Crippen molar-refractivity contribution in [3.63, 3.8) is 0 Å². The second-order valence-electron chi connectivity index (χ2n) is 5.77. The Morgan fingerprint density at radius 2 is 1.61 bits per heavy atom. The van der Waals surface area contributed by atoms with Gasteiger partial charge in [0, 0.05) is 30.8 Å². The summed E-state index contributed by atoms with van der Waals surface area (Å²) in [5.74, 6) is -0.143. The molecule has 2 rings (SSSR count). The monoisotopic (exact) mass is 310 g/mol. The number of rotatable bonds is 5. The van der Waals surface area contributed by atoms with E-state index in [9.17, 15) is 9.59 Å². The van der Waals surface area contributed by atoms with Crippen molar-refractivity contribution in [2.75, 3.05) is 5.32 Å². The van der Waals surface area contributed by atoms with Gasteiger partial charge in [-0.05, 0) is 43.7 Å². The number of hydrogen-bond donors (Lipinski definition) is 1. The van der Waals surface area contributed by atoms with E-state index in [1.165, 1.54) is 6.92 Å². The minimum absolute atomic E-state index is 0.0155. The molecular formula is C19H22N2O2. The highest BCUT2D eigenvalue weighted by Gasteiger charge is 2.19. The minimum atomic E-state index is -0.128. The van der Waals surface area contributed by atoms with E-state index >= 15 is 0 Å². The van der Waals surface area contributed by atoms with Gasteiger partial charge in [-0.1, -0.05) is 30.3 Å². The summed E-state index contributed by atoms with van der Waals surface area (Å²) >= 11 is 0. The lowest BCUT2D eigenvalue weighted by atomic mass is 10.1. The van der Waals surface area contributed by atoms with Gasteiger partial charge in [-0.25, -0.2) is 0 Å². The van der Waals surface area contributed by atoms with E-state index in [0.29, 0.717) is 17.8 Å². The van der Waals surface area contributed by atoms with Gasteiger partial charge in [0.15, 0.2) is 0 Å². The molecule has 0 radical (unpaired) electrons. The quantitative estimate of drug-likeness (QED) is 0.915. The lowest BCUT2D eigenvalue weighted by Gasteiger charge is -2.27. The molecular weight excluding hydrogens is 288 g/mol.